The second kappa shape index (κ2) is 8.13. The summed E-state index contributed by atoms with van der Waals surface area (Å²) in [6, 6.07) is 12.6. The van der Waals surface area contributed by atoms with E-state index in [-0.39, 0.29) is 17.4 Å². The van der Waals surface area contributed by atoms with Gasteiger partial charge in [0.25, 0.3) is 5.91 Å². The van der Waals surface area contributed by atoms with Crippen molar-refractivity contribution in [2.45, 2.75) is 38.6 Å². The van der Waals surface area contributed by atoms with E-state index in [0.29, 0.717) is 0 Å². The van der Waals surface area contributed by atoms with E-state index in [4.69, 9.17) is 4.74 Å². The number of esters is 1. The maximum atomic E-state index is 13.8. The van der Waals surface area contributed by atoms with Crippen molar-refractivity contribution in [3.8, 4) is 0 Å². The number of methoxy groups -OCH3 is 1. The lowest BCUT2D eigenvalue weighted by molar-refractivity contribution is -0.142. The Balaban J connectivity index is 2.16. The molecule has 0 aliphatic carbocycles. The lowest BCUT2D eigenvalue weighted by Gasteiger charge is -2.20. The van der Waals surface area contributed by atoms with Crippen molar-refractivity contribution >= 4 is 11.9 Å². The van der Waals surface area contributed by atoms with Gasteiger partial charge in [-0.05, 0) is 28.7 Å². The molecule has 2 rings (SSSR count). The molecule has 26 heavy (non-hydrogen) atoms. The van der Waals surface area contributed by atoms with Crippen LogP contribution in [0.1, 0.15) is 42.3 Å². The first kappa shape index (κ1) is 19.6. The largest absolute Gasteiger partial charge is 0.467 e. The molecule has 2 aromatic rings. The van der Waals surface area contributed by atoms with Crippen LogP contribution in [0.15, 0.2) is 48.5 Å². The van der Waals surface area contributed by atoms with Crippen molar-refractivity contribution in [3.05, 3.63) is 71.0 Å². The Morgan fingerprint density at radius 1 is 1.08 bits per heavy atom. The summed E-state index contributed by atoms with van der Waals surface area (Å²) in [5.74, 6) is -1.86. The molecule has 0 aliphatic heterocycles. The summed E-state index contributed by atoms with van der Waals surface area (Å²) in [5.41, 5.74) is 1.97. The van der Waals surface area contributed by atoms with Gasteiger partial charge < -0.3 is 10.1 Å². The second-order valence-electron chi connectivity index (χ2n) is 7.18. The van der Waals surface area contributed by atoms with Crippen molar-refractivity contribution in [1.29, 1.82) is 0 Å². The number of benzene rings is 2. The van der Waals surface area contributed by atoms with Crippen LogP contribution < -0.4 is 5.32 Å². The summed E-state index contributed by atoms with van der Waals surface area (Å²) < 4.78 is 18.6. The SMILES string of the molecule is COC(=O)[C@H](Cc1ccc(C(C)(C)C)cc1)NC(=O)c1ccccc1F. The van der Waals surface area contributed by atoms with E-state index < -0.39 is 23.7 Å². The summed E-state index contributed by atoms with van der Waals surface area (Å²) in [5, 5.41) is 2.56. The molecule has 138 valence electrons. The average Bonchev–Trinajstić information content (AvgIpc) is 2.60. The van der Waals surface area contributed by atoms with Gasteiger partial charge in [0.05, 0.1) is 12.7 Å². The first-order chi connectivity index (χ1) is 12.2. The number of rotatable bonds is 5. The van der Waals surface area contributed by atoms with Gasteiger partial charge in [-0.2, -0.15) is 0 Å². The third-order valence-electron chi connectivity index (χ3n) is 4.17. The van der Waals surface area contributed by atoms with Crippen molar-refractivity contribution in [2.24, 2.45) is 0 Å². The van der Waals surface area contributed by atoms with Gasteiger partial charge in [0.15, 0.2) is 0 Å². The van der Waals surface area contributed by atoms with Gasteiger partial charge in [-0.25, -0.2) is 9.18 Å². The molecule has 0 spiro atoms. The molecule has 0 saturated heterocycles. The Morgan fingerprint density at radius 2 is 1.69 bits per heavy atom. The van der Waals surface area contributed by atoms with E-state index in [1.54, 1.807) is 6.07 Å². The summed E-state index contributed by atoms with van der Waals surface area (Å²) in [6.45, 7) is 6.36. The van der Waals surface area contributed by atoms with Gasteiger partial charge >= 0.3 is 5.97 Å². The Morgan fingerprint density at radius 3 is 2.23 bits per heavy atom. The zero-order chi connectivity index (χ0) is 19.3. The minimum absolute atomic E-state index is 0.0271. The lowest BCUT2D eigenvalue weighted by atomic mass is 9.86. The molecule has 0 heterocycles. The summed E-state index contributed by atoms with van der Waals surface area (Å²) in [6.07, 6.45) is 0.261. The van der Waals surface area contributed by atoms with Crippen molar-refractivity contribution in [2.75, 3.05) is 7.11 Å². The average molecular weight is 357 g/mol. The number of carbonyl (C=O) groups is 2. The van der Waals surface area contributed by atoms with Crippen LogP contribution in [0.2, 0.25) is 0 Å². The predicted molar refractivity (Wildman–Crippen MR) is 98.5 cm³/mol. The third kappa shape index (κ3) is 4.91. The Labute approximate surface area is 153 Å². The molecule has 0 radical (unpaired) electrons. The quantitative estimate of drug-likeness (QED) is 0.831. The molecular formula is C21H24FNO3. The third-order valence-corrected chi connectivity index (χ3v) is 4.17. The number of hydrogen-bond donors (Lipinski definition) is 1. The number of ether oxygens (including phenoxy) is 1. The van der Waals surface area contributed by atoms with Crippen molar-refractivity contribution in [3.63, 3.8) is 0 Å². The fraction of sp³-hybridized carbons (Fsp3) is 0.333. The number of nitrogens with one attached hydrogen (secondary N) is 1. The molecule has 0 aliphatic rings. The highest BCUT2D eigenvalue weighted by Gasteiger charge is 2.24. The van der Waals surface area contributed by atoms with Crippen LogP contribution in [0.25, 0.3) is 0 Å². The normalized spacial score (nSPS) is 12.3. The fourth-order valence-corrected chi connectivity index (χ4v) is 2.59. The van der Waals surface area contributed by atoms with E-state index in [0.717, 1.165) is 5.56 Å². The van der Waals surface area contributed by atoms with Gasteiger partial charge in [-0.15, -0.1) is 0 Å². The fourth-order valence-electron chi connectivity index (χ4n) is 2.59. The van der Waals surface area contributed by atoms with Crippen LogP contribution in [-0.2, 0) is 21.4 Å². The highest BCUT2D eigenvalue weighted by Crippen LogP contribution is 2.22. The topological polar surface area (TPSA) is 55.4 Å². The van der Waals surface area contributed by atoms with Gasteiger partial charge in [-0.3, -0.25) is 4.79 Å². The summed E-state index contributed by atoms with van der Waals surface area (Å²) in [7, 11) is 1.26. The molecule has 0 saturated carbocycles. The van der Waals surface area contributed by atoms with E-state index >= 15 is 0 Å². The van der Waals surface area contributed by atoms with Crippen LogP contribution in [-0.4, -0.2) is 25.0 Å². The molecule has 2 aromatic carbocycles. The number of hydrogen-bond acceptors (Lipinski definition) is 3. The first-order valence-corrected chi connectivity index (χ1v) is 8.45. The maximum Gasteiger partial charge on any atom is 0.328 e. The molecule has 1 N–H and O–H groups in total. The molecule has 0 aromatic heterocycles. The molecular weight excluding hydrogens is 333 g/mol. The van der Waals surface area contributed by atoms with Crippen LogP contribution in [0.4, 0.5) is 4.39 Å². The number of halogens is 1. The Hall–Kier alpha value is -2.69. The summed E-state index contributed by atoms with van der Waals surface area (Å²) in [4.78, 5) is 24.4. The van der Waals surface area contributed by atoms with Gasteiger partial charge in [0.2, 0.25) is 0 Å². The van der Waals surface area contributed by atoms with E-state index in [1.165, 1.54) is 30.9 Å². The van der Waals surface area contributed by atoms with Gasteiger partial charge in [0.1, 0.15) is 11.9 Å². The highest BCUT2D eigenvalue weighted by molar-refractivity contribution is 5.97. The van der Waals surface area contributed by atoms with Gasteiger partial charge in [-0.1, -0.05) is 57.2 Å². The van der Waals surface area contributed by atoms with Crippen LogP contribution >= 0.6 is 0 Å². The second-order valence-corrected chi connectivity index (χ2v) is 7.18. The smallest absolute Gasteiger partial charge is 0.328 e. The van der Waals surface area contributed by atoms with Crippen LogP contribution in [0, 0.1) is 5.82 Å². The minimum Gasteiger partial charge on any atom is -0.467 e. The molecule has 1 atom stereocenters. The van der Waals surface area contributed by atoms with Crippen molar-refractivity contribution in [1.82, 2.24) is 5.32 Å². The summed E-state index contributed by atoms with van der Waals surface area (Å²) >= 11 is 0. The van der Waals surface area contributed by atoms with Gasteiger partial charge in [0, 0.05) is 6.42 Å². The number of amides is 1. The van der Waals surface area contributed by atoms with Crippen molar-refractivity contribution < 1.29 is 18.7 Å². The van der Waals surface area contributed by atoms with E-state index in [2.05, 4.69) is 26.1 Å². The first-order valence-electron chi connectivity index (χ1n) is 8.45. The zero-order valence-electron chi connectivity index (χ0n) is 15.5. The molecule has 4 nitrogen and oxygen atoms in total. The monoisotopic (exact) mass is 357 g/mol. The molecule has 5 heteroatoms. The van der Waals surface area contributed by atoms with Crippen LogP contribution in [0.5, 0.6) is 0 Å². The zero-order valence-corrected chi connectivity index (χ0v) is 15.5. The standard InChI is InChI=1S/C21H24FNO3/c1-21(2,3)15-11-9-14(10-12-15)13-18(20(25)26-4)23-19(24)16-7-5-6-8-17(16)22/h5-12,18H,13H2,1-4H3,(H,23,24)/t18-/m0/s1. The molecule has 0 fully saturated rings. The minimum atomic E-state index is -0.896. The lowest BCUT2D eigenvalue weighted by Crippen LogP contribution is -2.43. The molecule has 0 unspecified atom stereocenters. The number of carbonyl (C=O) groups excluding carboxylic acids is 2. The van der Waals surface area contributed by atoms with E-state index in [9.17, 15) is 14.0 Å². The highest BCUT2D eigenvalue weighted by atomic mass is 19.1. The molecule has 0 bridgehead atoms. The molecule has 1 amide bonds. The maximum absolute atomic E-state index is 13.8. The predicted octanol–water partition coefficient (Wildman–Crippen LogP) is 3.64. The Bertz CT molecular complexity index is 779. The Kier molecular flexibility index (Phi) is 6.14. The van der Waals surface area contributed by atoms with E-state index in [1.807, 2.05) is 24.3 Å². The van der Waals surface area contributed by atoms with Crippen LogP contribution in [0.3, 0.4) is 0 Å².